The maximum Gasteiger partial charge on any atom is 0.241 e. The van der Waals surface area contributed by atoms with E-state index in [1.54, 1.807) is 24.3 Å². The SMILES string of the molecule is CC1(c2ccccc2)CC(C#N)C(O)(c2ccccc2)OO1. The van der Waals surface area contributed by atoms with Crippen molar-refractivity contribution in [2.45, 2.75) is 24.7 Å². The Labute approximate surface area is 129 Å². The summed E-state index contributed by atoms with van der Waals surface area (Å²) in [4.78, 5) is 10.9. The molecule has 3 rings (SSSR count). The van der Waals surface area contributed by atoms with Crippen molar-refractivity contribution in [3.8, 4) is 6.07 Å². The molecule has 1 aliphatic rings. The molecule has 22 heavy (non-hydrogen) atoms. The third-order valence-electron chi connectivity index (χ3n) is 4.15. The van der Waals surface area contributed by atoms with Crippen LogP contribution in [0.15, 0.2) is 60.7 Å². The van der Waals surface area contributed by atoms with E-state index in [4.69, 9.17) is 9.78 Å². The second-order valence-corrected chi connectivity index (χ2v) is 5.71. The fourth-order valence-corrected chi connectivity index (χ4v) is 2.79. The molecule has 112 valence electrons. The average molecular weight is 295 g/mol. The normalized spacial score (nSPS) is 31.4. The highest BCUT2D eigenvalue weighted by Gasteiger charge is 2.51. The van der Waals surface area contributed by atoms with Gasteiger partial charge in [-0.1, -0.05) is 60.7 Å². The van der Waals surface area contributed by atoms with Crippen LogP contribution in [-0.2, 0) is 21.2 Å². The van der Waals surface area contributed by atoms with Crippen molar-refractivity contribution in [1.82, 2.24) is 0 Å². The van der Waals surface area contributed by atoms with E-state index in [0.717, 1.165) is 5.56 Å². The lowest BCUT2D eigenvalue weighted by atomic mass is 9.80. The third-order valence-corrected chi connectivity index (χ3v) is 4.15. The molecule has 3 atom stereocenters. The maximum absolute atomic E-state index is 10.8. The van der Waals surface area contributed by atoms with E-state index in [2.05, 4.69) is 6.07 Å². The van der Waals surface area contributed by atoms with Gasteiger partial charge in [0.05, 0.1) is 6.07 Å². The number of hydrogen-bond donors (Lipinski definition) is 1. The molecule has 0 amide bonds. The fraction of sp³-hybridized carbons (Fsp3) is 0.278. The van der Waals surface area contributed by atoms with E-state index in [-0.39, 0.29) is 0 Å². The van der Waals surface area contributed by atoms with Crippen LogP contribution >= 0.6 is 0 Å². The number of nitriles is 1. The van der Waals surface area contributed by atoms with Crippen molar-refractivity contribution in [3.63, 3.8) is 0 Å². The first-order valence-corrected chi connectivity index (χ1v) is 7.18. The summed E-state index contributed by atoms with van der Waals surface area (Å²) >= 11 is 0. The molecular formula is C18H17NO3. The summed E-state index contributed by atoms with van der Waals surface area (Å²) < 4.78 is 0. The first-order chi connectivity index (χ1) is 10.6. The molecular weight excluding hydrogens is 278 g/mol. The maximum atomic E-state index is 10.8. The van der Waals surface area contributed by atoms with Crippen molar-refractivity contribution in [2.75, 3.05) is 0 Å². The zero-order valence-corrected chi connectivity index (χ0v) is 12.3. The molecule has 1 saturated heterocycles. The Kier molecular flexibility index (Phi) is 3.71. The fourth-order valence-electron chi connectivity index (χ4n) is 2.79. The molecule has 0 bridgehead atoms. The summed E-state index contributed by atoms with van der Waals surface area (Å²) in [5.74, 6) is -2.50. The molecule has 1 aliphatic heterocycles. The zero-order valence-electron chi connectivity index (χ0n) is 12.3. The van der Waals surface area contributed by atoms with Crippen molar-refractivity contribution in [2.24, 2.45) is 5.92 Å². The quantitative estimate of drug-likeness (QED) is 0.864. The van der Waals surface area contributed by atoms with E-state index >= 15 is 0 Å². The largest absolute Gasteiger partial charge is 0.359 e. The Morgan fingerprint density at radius 2 is 1.55 bits per heavy atom. The van der Waals surface area contributed by atoms with Crippen LogP contribution in [0.1, 0.15) is 24.5 Å². The first kappa shape index (κ1) is 14.7. The number of benzene rings is 2. The van der Waals surface area contributed by atoms with E-state index in [0.29, 0.717) is 12.0 Å². The Hall–Kier alpha value is -2.19. The molecule has 2 aromatic rings. The van der Waals surface area contributed by atoms with Crippen LogP contribution in [0, 0.1) is 17.2 Å². The minimum absolute atomic E-state index is 0.332. The third kappa shape index (κ3) is 2.40. The second kappa shape index (κ2) is 5.54. The molecule has 1 N–H and O–H groups in total. The van der Waals surface area contributed by atoms with Crippen LogP contribution in [0.2, 0.25) is 0 Å². The summed E-state index contributed by atoms with van der Waals surface area (Å²) in [6.45, 7) is 1.86. The zero-order chi connectivity index (χ0) is 15.6. The molecule has 1 fully saturated rings. The highest BCUT2D eigenvalue weighted by molar-refractivity contribution is 5.27. The monoisotopic (exact) mass is 295 g/mol. The average Bonchev–Trinajstić information content (AvgIpc) is 2.59. The molecule has 0 radical (unpaired) electrons. The molecule has 0 aliphatic carbocycles. The highest BCUT2D eigenvalue weighted by Crippen LogP contribution is 2.46. The van der Waals surface area contributed by atoms with Gasteiger partial charge in [-0.05, 0) is 12.5 Å². The summed E-state index contributed by atoms with van der Waals surface area (Å²) in [6, 6.07) is 20.6. The van der Waals surface area contributed by atoms with Crippen LogP contribution in [-0.4, -0.2) is 5.11 Å². The Morgan fingerprint density at radius 3 is 2.09 bits per heavy atom. The van der Waals surface area contributed by atoms with Gasteiger partial charge in [0.2, 0.25) is 5.79 Å². The second-order valence-electron chi connectivity index (χ2n) is 5.71. The lowest BCUT2D eigenvalue weighted by Gasteiger charge is -2.43. The van der Waals surface area contributed by atoms with Gasteiger partial charge < -0.3 is 5.11 Å². The first-order valence-electron chi connectivity index (χ1n) is 7.18. The molecule has 4 nitrogen and oxygen atoms in total. The van der Waals surface area contributed by atoms with Crippen molar-refractivity contribution >= 4 is 0 Å². The summed E-state index contributed by atoms with van der Waals surface area (Å²) in [7, 11) is 0. The lowest BCUT2D eigenvalue weighted by Crippen LogP contribution is -2.48. The van der Waals surface area contributed by atoms with Gasteiger partial charge in [-0.25, -0.2) is 4.89 Å². The van der Waals surface area contributed by atoms with Crippen molar-refractivity contribution in [3.05, 3.63) is 71.8 Å². The van der Waals surface area contributed by atoms with Gasteiger partial charge in [0.15, 0.2) is 0 Å². The number of rotatable bonds is 2. The number of hydrogen-bond acceptors (Lipinski definition) is 4. The van der Waals surface area contributed by atoms with Crippen molar-refractivity contribution < 1.29 is 14.9 Å². The number of aliphatic hydroxyl groups is 1. The van der Waals surface area contributed by atoms with Gasteiger partial charge in [-0.3, -0.25) is 0 Å². The van der Waals surface area contributed by atoms with Crippen molar-refractivity contribution in [1.29, 1.82) is 5.26 Å². The van der Waals surface area contributed by atoms with E-state index in [9.17, 15) is 10.4 Å². The smallest absolute Gasteiger partial charge is 0.241 e. The molecule has 2 aromatic carbocycles. The predicted molar refractivity (Wildman–Crippen MR) is 80.0 cm³/mol. The predicted octanol–water partition coefficient (Wildman–Crippen LogP) is 3.24. The van der Waals surface area contributed by atoms with E-state index in [1.165, 1.54) is 0 Å². The highest BCUT2D eigenvalue weighted by atomic mass is 17.2. The summed E-state index contributed by atoms with van der Waals surface area (Å²) in [6.07, 6.45) is 0.332. The molecule has 1 heterocycles. The molecule has 3 unspecified atom stereocenters. The summed E-state index contributed by atoms with van der Waals surface area (Å²) in [5.41, 5.74) is 0.643. The van der Waals surface area contributed by atoms with Crippen LogP contribution in [0.4, 0.5) is 0 Å². The van der Waals surface area contributed by atoms with Gasteiger partial charge in [0, 0.05) is 12.0 Å². The molecule has 0 spiro atoms. The van der Waals surface area contributed by atoms with Crippen LogP contribution in [0.3, 0.4) is 0 Å². The summed E-state index contributed by atoms with van der Waals surface area (Å²) in [5, 5.41) is 20.3. The van der Waals surface area contributed by atoms with E-state index in [1.807, 2.05) is 43.3 Å². The van der Waals surface area contributed by atoms with Crippen LogP contribution in [0.5, 0.6) is 0 Å². The minimum atomic E-state index is -1.76. The lowest BCUT2D eigenvalue weighted by molar-refractivity contribution is -0.505. The minimum Gasteiger partial charge on any atom is -0.359 e. The van der Waals surface area contributed by atoms with Crippen LogP contribution in [0.25, 0.3) is 0 Å². The van der Waals surface area contributed by atoms with Gasteiger partial charge in [-0.2, -0.15) is 10.1 Å². The van der Waals surface area contributed by atoms with Crippen LogP contribution < -0.4 is 0 Å². The molecule has 4 heteroatoms. The van der Waals surface area contributed by atoms with Gasteiger partial charge in [-0.15, -0.1) is 0 Å². The standard InChI is InChI=1S/C18H17NO3/c1-17(14-8-4-2-5-9-14)12-16(13-19)18(20,22-21-17)15-10-6-3-7-11-15/h2-11,16,20H,12H2,1H3. The molecule has 0 saturated carbocycles. The number of nitrogens with zero attached hydrogens (tertiary/aromatic N) is 1. The van der Waals surface area contributed by atoms with Gasteiger partial charge in [0.1, 0.15) is 11.5 Å². The van der Waals surface area contributed by atoms with Gasteiger partial charge in [0.25, 0.3) is 0 Å². The topological polar surface area (TPSA) is 62.5 Å². The van der Waals surface area contributed by atoms with Gasteiger partial charge >= 0.3 is 0 Å². The Bertz CT molecular complexity index is 682. The van der Waals surface area contributed by atoms with E-state index < -0.39 is 17.3 Å². The Balaban J connectivity index is 1.94. The molecule has 0 aromatic heterocycles. The Morgan fingerprint density at radius 1 is 1.00 bits per heavy atom.